The predicted molar refractivity (Wildman–Crippen MR) is 66.7 cm³/mol. The van der Waals surface area contributed by atoms with E-state index in [1.54, 1.807) is 0 Å². The number of likely N-dealkylation sites (tertiary alicyclic amines) is 1. The Morgan fingerprint density at radius 2 is 1.75 bits per heavy atom. The molecule has 0 bridgehead atoms. The van der Waals surface area contributed by atoms with Gasteiger partial charge in [0.05, 0.1) is 12.2 Å². The molecule has 3 nitrogen and oxygen atoms in total. The normalized spacial score (nSPS) is 28.7. The lowest BCUT2D eigenvalue weighted by molar-refractivity contribution is -0.0744. The van der Waals surface area contributed by atoms with Crippen LogP contribution in [0.4, 0.5) is 0 Å². The Kier molecular flexibility index (Phi) is 3.57. The lowest BCUT2D eigenvalue weighted by Crippen LogP contribution is -2.59. The van der Waals surface area contributed by atoms with Crippen LogP contribution in [0.15, 0.2) is 0 Å². The van der Waals surface area contributed by atoms with E-state index in [9.17, 15) is 0 Å². The molecule has 2 heterocycles. The minimum absolute atomic E-state index is 0.120. The summed E-state index contributed by atoms with van der Waals surface area (Å²) >= 11 is 0. The Morgan fingerprint density at radius 3 is 2.25 bits per heavy atom. The summed E-state index contributed by atoms with van der Waals surface area (Å²) in [5.41, 5.74) is 0.677. The number of hydrogen-bond donors (Lipinski definition) is 1. The van der Waals surface area contributed by atoms with Gasteiger partial charge in [-0.25, -0.2) is 0 Å². The molecule has 0 amide bonds. The molecule has 3 heteroatoms. The molecule has 0 saturated carbocycles. The quantitative estimate of drug-likeness (QED) is 0.786. The third-order valence-corrected chi connectivity index (χ3v) is 4.07. The number of nitrogens with zero attached hydrogens (tertiary/aromatic N) is 1. The van der Waals surface area contributed by atoms with Crippen LogP contribution in [0.5, 0.6) is 0 Å². The van der Waals surface area contributed by atoms with Gasteiger partial charge >= 0.3 is 0 Å². The van der Waals surface area contributed by atoms with Gasteiger partial charge in [0.1, 0.15) is 0 Å². The van der Waals surface area contributed by atoms with Crippen LogP contribution in [-0.2, 0) is 4.74 Å². The molecule has 1 N–H and O–H groups in total. The van der Waals surface area contributed by atoms with Crippen molar-refractivity contribution in [1.29, 1.82) is 0 Å². The maximum Gasteiger partial charge on any atom is 0.0902 e. The predicted octanol–water partition coefficient (Wildman–Crippen LogP) is 1.49. The summed E-state index contributed by atoms with van der Waals surface area (Å²) in [4.78, 5) is 2.54. The number of piperidine rings is 1. The lowest BCUT2D eigenvalue weighted by Gasteiger charge is -2.41. The van der Waals surface area contributed by atoms with E-state index < -0.39 is 0 Å². The fourth-order valence-corrected chi connectivity index (χ4v) is 2.38. The zero-order valence-electron chi connectivity index (χ0n) is 11.0. The van der Waals surface area contributed by atoms with Crippen LogP contribution < -0.4 is 5.32 Å². The summed E-state index contributed by atoms with van der Waals surface area (Å²) in [6.07, 6.45) is 2.65. The summed E-state index contributed by atoms with van der Waals surface area (Å²) < 4.78 is 5.92. The largest absolute Gasteiger partial charge is 0.371 e. The van der Waals surface area contributed by atoms with E-state index in [1.807, 2.05) is 0 Å². The maximum absolute atomic E-state index is 5.92. The molecule has 2 aliphatic rings. The molecular weight excluding hydrogens is 200 g/mol. The van der Waals surface area contributed by atoms with Gasteiger partial charge in [0, 0.05) is 19.6 Å². The average Bonchev–Trinajstić information content (AvgIpc) is 2.18. The summed E-state index contributed by atoms with van der Waals surface area (Å²) in [5.74, 6) is 0. The van der Waals surface area contributed by atoms with E-state index in [2.05, 4.69) is 31.0 Å². The number of ether oxygens (including phenoxy) is 1. The highest BCUT2D eigenvalue weighted by atomic mass is 16.5. The molecule has 2 aliphatic heterocycles. The van der Waals surface area contributed by atoms with Gasteiger partial charge in [-0.3, -0.25) is 0 Å². The molecule has 16 heavy (non-hydrogen) atoms. The number of nitrogens with one attached hydrogen (secondary N) is 1. The second kappa shape index (κ2) is 4.63. The van der Waals surface area contributed by atoms with Crippen molar-refractivity contribution in [2.45, 2.75) is 39.2 Å². The molecule has 0 aliphatic carbocycles. The number of hydrogen-bond acceptors (Lipinski definition) is 3. The summed E-state index contributed by atoms with van der Waals surface area (Å²) in [7, 11) is 0. The van der Waals surface area contributed by atoms with Crippen LogP contribution in [0.2, 0.25) is 0 Å². The smallest absolute Gasteiger partial charge is 0.0902 e. The Morgan fingerprint density at radius 1 is 1.12 bits per heavy atom. The lowest BCUT2D eigenvalue weighted by atomic mass is 9.83. The third-order valence-electron chi connectivity index (χ3n) is 4.07. The fourth-order valence-electron chi connectivity index (χ4n) is 2.38. The third kappa shape index (κ3) is 3.19. The molecule has 0 atom stereocenters. The van der Waals surface area contributed by atoms with Gasteiger partial charge < -0.3 is 15.0 Å². The van der Waals surface area contributed by atoms with Crippen molar-refractivity contribution in [2.75, 3.05) is 39.3 Å². The van der Waals surface area contributed by atoms with E-state index in [1.165, 1.54) is 25.9 Å². The highest BCUT2D eigenvalue weighted by Gasteiger charge is 2.32. The van der Waals surface area contributed by atoms with Crippen molar-refractivity contribution < 1.29 is 4.74 Å². The minimum Gasteiger partial charge on any atom is -0.371 e. The summed E-state index contributed by atoms with van der Waals surface area (Å²) in [6, 6.07) is 0. The first kappa shape index (κ1) is 12.3. The van der Waals surface area contributed by atoms with Gasteiger partial charge in [0.25, 0.3) is 0 Å². The molecule has 0 aromatic carbocycles. The molecule has 2 fully saturated rings. The standard InChI is InChI=1S/C13H26N2O/c1-12(2)4-6-15(7-5-12)8-9-16-13(3)10-14-11-13/h14H,4-11H2,1-3H3. The summed E-state index contributed by atoms with van der Waals surface area (Å²) in [5, 5.41) is 3.26. The molecule has 0 radical (unpaired) electrons. The molecule has 0 unspecified atom stereocenters. The van der Waals surface area contributed by atoms with Gasteiger partial charge in [-0.15, -0.1) is 0 Å². The Bertz CT molecular complexity index is 226. The molecule has 0 spiro atoms. The van der Waals surface area contributed by atoms with Crippen LogP contribution in [0.1, 0.15) is 33.6 Å². The Balaban J connectivity index is 1.60. The van der Waals surface area contributed by atoms with E-state index >= 15 is 0 Å². The van der Waals surface area contributed by atoms with Crippen LogP contribution >= 0.6 is 0 Å². The van der Waals surface area contributed by atoms with Gasteiger partial charge in [-0.05, 0) is 38.3 Å². The van der Waals surface area contributed by atoms with E-state index in [0.29, 0.717) is 5.41 Å². The van der Waals surface area contributed by atoms with Crippen LogP contribution in [0.3, 0.4) is 0 Å². The first-order valence-corrected chi connectivity index (χ1v) is 6.56. The molecular formula is C13H26N2O. The Hall–Kier alpha value is -0.120. The van der Waals surface area contributed by atoms with Crippen LogP contribution in [-0.4, -0.2) is 49.8 Å². The van der Waals surface area contributed by atoms with Gasteiger partial charge in [0.2, 0.25) is 0 Å². The topological polar surface area (TPSA) is 24.5 Å². The summed E-state index contributed by atoms with van der Waals surface area (Å²) in [6.45, 7) is 13.5. The van der Waals surface area contributed by atoms with Crippen molar-refractivity contribution in [3.8, 4) is 0 Å². The van der Waals surface area contributed by atoms with Crippen molar-refractivity contribution in [1.82, 2.24) is 10.2 Å². The number of rotatable bonds is 4. The van der Waals surface area contributed by atoms with Gasteiger partial charge in [-0.1, -0.05) is 13.8 Å². The van der Waals surface area contributed by atoms with Crippen molar-refractivity contribution in [2.24, 2.45) is 5.41 Å². The molecule has 2 saturated heterocycles. The molecule has 2 rings (SSSR count). The first-order chi connectivity index (χ1) is 7.49. The maximum atomic E-state index is 5.92. The second-order valence-corrected chi connectivity index (χ2v) is 6.41. The van der Waals surface area contributed by atoms with Gasteiger partial charge in [0.15, 0.2) is 0 Å². The van der Waals surface area contributed by atoms with Crippen molar-refractivity contribution >= 4 is 0 Å². The van der Waals surface area contributed by atoms with Crippen molar-refractivity contribution in [3.05, 3.63) is 0 Å². The second-order valence-electron chi connectivity index (χ2n) is 6.41. The van der Waals surface area contributed by atoms with E-state index in [-0.39, 0.29) is 5.60 Å². The highest BCUT2D eigenvalue weighted by molar-refractivity contribution is 4.90. The van der Waals surface area contributed by atoms with Gasteiger partial charge in [-0.2, -0.15) is 0 Å². The minimum atomic E-state index is 0.120. The van der Waals surface area contributed by atoms with E-state index in [0.717, 1.165) is 26.2 Å². The molecule has 0 aromatic rings. The molecule has 0 aromatic heterocycles. The zero-order valence-corrected chi connectivity index (χ0v) is 11.0. The van der Waals surface area contributed by atoms with Crippen molar-refractivity contribution in [3.63, 3.8) is 0 Å². The van der Waals surface area contributed by atoms with Crippen LogP contribution in [0, 0.1) is 5.41 Å². The molecule has 94 valence electrons. The zero-order chi connectivity index (χ0) is 11.6. The SMILES string of the molecule is CC1(C)CCN(CCOC2(C)CNC2)CC1. The first-order valence-electron chi connectivity index (χ1n) is 6.56. The van der Waals surface area contributed by atoms with E-state index in [4.69, 9.17) is 4.74 Å². The average molecular weight is 226 g/mol. The monoisotopic (exact) mass is 226 g/mol. The Labute approximate surface area is 99.5 Å². The highest BCUT2D eigenvalue weighted by Crippen LogP contribution is 2.29. The fraction of sp³-hybridized carbons (Fsp3) is 1.00. The van der Waals surface area contributed by atoms with Crippen LogP contribution in [0.25, 0.3) is 0 Å².